The van der Waals surface area contributed by atoms with E-state index in [9.17, 15) is 8.42 Å². The van der Waals surface area contributed by atoms with Gasteiger partial charge in [-0.2, -0.15) is 0 Å². The summed E-state index contributed by atoms with van der Waals surface area (Å²) in [6.45, 7) is 3.02. The molecule has 88 valence electrons. The Kier molecular flexibility index (Phi) is 2.88. The average Bonchev–Trinajstić information content (AvgIpc) is 2.12. The van der Waals surface area contributed by atoms with Gasteiger partial charge >= 0.3 is 0 Å². The maximum absolute atomic E-state index is 11.3. The quantitative estimate of drug-likeness (QED) is 0.806. The van der Waals surface area contributed by atoms with Crippen molar-refractivity contribution >= 4 is 15.7 Å². The Labute approximate surface area is 94.6 Å². The summed E-state index contributed by atoms with van der Waals surface area (Å²) in [6, 6.07) is 5.39. The average molecular weight is 242 g/mol. The van der Waals surface area contributed by atoms with Gasteiger partial charge in [-0.3, -0.25) is 0 Å². The Hall–Kier alpha value is -1.11. The van der Waals surface area contributed by atoms with Crippen LogP contribution in [0, 0.1) is 6.92 Å². The molecule has 0 aliphatic carbocycles. The third-order valence-electron chi connectivity index (χ3n) is 2.50. The second-order valence-electron chi connectivity index (χ2n) is 3.90. The Morgan fingerprint density at radius 2 is 2.12 bits per heavy atom. The normalized spacial score (nSPS) is 16.9. The highest BCUT2D eigenvalue weighted by Crippen LogP contribution is 2.20. The standard InChI is InChI=1S/C10H14N2O3S/c1-7-2-3-8(12-9-5-15-6-9)4-10(7)16(11,13)14/h2-4,9,12H,5-6H2,1H3,(H2,11,13,14). The summed E-state index contributed by atoms with van der Waals surface area (Å²) in [6.07, 6.45) is 0. The predicted octanol–water partition coefficient (Wildman–Crippen LogP) is 0.453. The molecule has 0 bridgehead atoms. The van der Waals surface area contributed by atoms with E-state index in [1.54, 1.807) is 19.1 Å². The zero-order chi connectivity index (χ0) is 11.8. The van der Waals surface area contributed by atoms with Gasteiger partial charge in [-0.1, -0.05) is 6.07 Å². The Balaban J connectivity index is 2.27. The van der Waals surface area contributed by atoms with Gasteiger partial charge in [-0.25, -0.2) is 13.6 Å². The fourth-order valence-electron chi connectivity index (χ4n) is 1.55. The third kappa shape index (κ3) is 2.34. The van der Waals surface area contributed by atoms with Gasteiger partial charge in [0.2, 0.25) is 10.0 Å². The van der Waals surface area contributed by atoms with Crippen molar-refractivity contribution in [3.63, 3.8) is 0 Å². The van der Waals surface area contributed by atoms with E-state index in [1.807, 2.05) is 6.07 Å². The van der Waals surface area contributed by atoms with Crippen LogP contribution in [-0.2, 0) is 14.8 Å². The summed E-state index contributed by atoms with van der Waals surface area (Å²) < 4.78 is 27.6. The molecule has 1 fully saturated rings. The molecule has 6 heteroatoms. The molecule has 3 N–H and O–H groups in total. The largest absolute Gasteiger partial charge is 0.378 e. The lowest BCUT2D eigenvalue weighted by Gasteiger charge is -2.28. The summed E-state index contributed by atoms with van der Waals surface area (Å²) in [5.74, 6) is 0. The lowest BCUT2D eigenvalue weighted by molar-refractivity contribution is 0.0211. The number of rotatable bonds is 3. The molecular weight excluding hydrogens is 228 g/mol. The molecule has 0 saturated carbocycles. The van der Waals surface area contributed by atoms with E-state index in [0.717, 1.165) is 5.69 Å². The highest BCUT2D eigenvalue weighted by molar-refractivity contribution is 7.89. The second-order valence-corrected chi connectivity index (χ2v) is 5.43. The van der Waals surface area contributed by atoms with Crippen LogP contribution < -0.4 is 10.5 Å². The second kappa shape index (κ2) is 4.04. The van der Waals surface area contributed by atoms with Crippen LogP contribution in [0.25, 0.3) is 0 Å². The van der Waals surface area contributed by atoms with Gasteiger partial charge in [0.25, 0.3) is 0 Å². The van der Waals surface area contributed by atoms with Gasteiger partial charge in [-0.05, 0) is 24.6 Å². The molecule has 0 amide bonds. The summed E-state index contributed by atoms with van der Waals surface area (Å²) in [4.78, 5) is 0.165. The number of aryl methyl sites for hydroxylation is 1. The van der Waals surface area contributed by atoms with E-state index in [0.29, 0.717) is 18.8 Å². The molecule has 1 aromatic rings. The topological polar surface area (TPSA) is 81.4 Å². The molecule has 0 spiro atoms. The van der Waals surface area contributed by atoms with Crippen LogP contribution in [0.5, 0.6) is 0 Å². The Morgan fingerprint density at radius 3 is 2.62 bits per heavy atom. The van der Waals surface area contributed by atoms with Crippen LogP contribution in [0.15, 0.2) is 23.1 Å². The van der Waals surface area contributed by atoms with E-state index in [2.05, 4.69) is 5.32 Å². The van der Waals surface area contributed by atoms with Crippen molar-refractivity contribution < 1.29 is 13.2 Å². The fourth-order valence-corrected chi connectivity index (χ4v) is 2.36. The molecule has 1 aromatic carbocycles. The molecule has 0 radical (unpaired) electrons. The van der Waals surface area contributed by atoms with E-state index >= 15 is 0 Å². The van der Waals surface area contributed by atoms with Gasteiger partial charge in [0.15, 0.2) is 0 Å². The summed E-state index contributed by atoms with van der Waals surface area (Å²) in [5, 5.41) is 8.30. The highest BCUT2D eigenvalue weighted by Gasteiger charge is 2.19. The van der Waals surface area contributed by atoms with Crippen molar-refractivity contribution in [2.24, 2.45) is 5.14 Å². The number of nitrogens with one attached hydrogen (secondary N) is 1. The molecular formula is C10H14N2O3S. The van der Waals surface area contributed by atoms with Crippen LogP contribution in [0.4, 0.5) is 5.69 Å². The predicted molar refractivity (Wildman–Crippen MR) is 60.8 cm³/mol. The number of anilines is 1. The zero-order valence-electron chi connectivity index (χ0n) is 8.93. The van der Waals surface area contributed by atoms with Crippen molar-refractivity contribution in [2.45, 2.75) is 17.9 Å². The Morgan fingerprint density at radius 1 is 1.44 bits per heavy atom. The molecule has 1 aliphatic heterocycles. The first-order valence-electron chi connectivity index (χ1n) is 4.94. The molecule has 0 atom stereocenters. The highest BCUT2D eigenvalue weighted by atomic mass is 32.2. The first-order valence-corrected chi connectivity index (χ1v) is 6.49. The minimum absolute atomic E-state index is 0.165. The minimum atomic E-state index is -3.65. The number of sulfonamides is 1. The molecule has 16 heavy (non-hydrogen) atoms. The van der Waals surface area contributed by atoms with E-state index in [1.165, 1.54) is 0 Å². The maximum Gasteiger partial charge on any atom is 0.238 e. The first kappa shape index (κ1) is 11.4. The molecule has 1 saturated heterocycles. The number of nitrogens with two attached hydrogens (primary N) is 1. The van der Waals surface area contributed by atoms with Gasteiger partial charge in [0, 0.05) is 5.69 Å². The van der Waals surface area contributed by atoms with Gasteiger partial charge < -0.3 is 10.1 Å². The summed E-state index contributed by atoms with van der Waals surface area (Å²) in [5.41, 5.74) is 1.40. The van der Waals surface area contributed by atoms with Crippen LogP contribution in [-0.4, -0.2) is 27.7 Å². The zero-order valence-corrected chi connectivity index (χ0v) is 9.75. The van der Waals surface area contributed by atoms with Crippen LogP contribution in [0.2, 0.25) is 0 Å². The van der Waals surface area contributed by atoms with Gasteiger partial charge in [0.1, 0.15) is 0 Å². The minimum Gasteiger partial charge on any atom is -0.378 e. The molecule has 0 unspecified atom stereocenters. The number of hydrogen-bond donors (Lipinski definition) is 2. The van der Waals surface area contributed by atoms with Gasteiger partial charge in [0.05, 0.1) is 24.2 Å². The van der Waals surface area contributed by atoms with Crippen LogP contribution in [0.3, 0.4) is 0 Å². The summed E-state index contributed by atoms with van der Waals surface area (Å²) in [7, 11) is -3.65. The van der Waals surface area contributed by atoms with Crippen LogP contribution >= 0.6 is 0 Å². The monoisotopic (exact) mass is 242 g/mol. The van der Waals surface area contributed by atoms with Crippen molar-refractivity contribution in [2.75, 3.05) is 18.5 Å². The molecule has 0 aromatic heterocycles. The SMILES string of the molecule is Cc1ccc(NC2COC2)cc1S(N)(=O)=O. The fraction of sp³-hybridized carbons (Fsp3) is 0.400. The maximum atomic E-state index is 11.3. The smallest absolute Gasteiger partial charge is 0.238 e. The lowest BCUT2D eigenvalue weighted by atomic mass is 10.2. The van der Waals surface area contributed by atoms with Crippen molar-refractivity contribution in [1.29, 1.82) is 0 Å². The Bertz CT molecular complexity index is 495. The molecule has 1 aliphatic rings. The van der Waals surface area contributed by atoms with Crippen molar-refractivity contribution in [3.05, 3.63) is 23.8 Å². The number of primary sulfonamides is 1. The van der Waals surface area contributed by atoms with Crippen molar-refractivity contribution in [3.8, 4) is 0 Å². The van der Waals surface area contributed by atoms with E-state index < -0.39 is 10.0 Å². The number of hydrogen-bond acceptors (Lipinski definition) is 4. The van der Waals surface area contributed by atoms with E-state index in [-0.39, 0.29) is 10.9 Å². The number of ether oxygens (including phenoxy) is 1. The lowest BCUT2D eigenvalue weighted by Crippen LogP contribution is -2.40. The summed E-state index contributed by atoms with van der Waals surface area (Å²) >= 11 is 0. The molecule has 5 nitrogen and oxygen atoms in total. The molecule has 1 heterocycles. The third-order valence-corrected chi connectivity index (χ3v) is 3.56. The molecule has 2 rings (SSSR count). The van der Waals surface area contributed by atoms with Gasteiger partial charge in [-0.15, -0.1) is 0 Å². The first-order chi connectivity index (χ1) is 7.47. The van der Waals surface area contributed by atoms with Crippen molar-refractivity contribution in [1.82, 2.24) is 0 Å². The number of benzene rings is 1. The van der Waals surface area contributed by atoms with Crippen LogP contribution in [0.1, 0.15) is 5.56 Å². The van der Waals surface area contributed by atoms with E-state index in [4.69, 9.17) is 9.88 Å².